The third-order valence-electron chi connectivity index (χ3n) is 5.75. The molecule has 2 nitrogen and oxygen atoms in total. The maximum absolute atomic E-state index is 6.25. The lowest BCUT2D eigenvalue weighted by molar-refractivity contribution is 0.0796. The molecule has 2 N–H and O–H groups in total. The van der Waals surface area contributed by atoms with Crippen LogP contribution in [0.25, 0.3) is 0 Å². The van der Waals surface area contributed by atoms with Crippen molar-refractivity contribution in [3.63, 3.8) is 0 Å². The summed E-state index contributed by atoms with van der Waals surface area (Å²) in [6.45, 7) is 10.6. The Balaban J connectivity index is 2.04. The van der Waals surface area contributed by atoms with Crippen LogP contribution in [0.2, 0.25) is 0 Å². The third-order valence-corrected chi connectivity index (χ3v) is 5.75. The van der Waals surface area contributed by atoms with Crippen molar-refractivity contribution in [1.29, 1.82) is 0 Å². The molecule has 2 aliphatic rings. The molecule has 1 saturated heterocycles. The van der Waals surface area contributed by atoms with Crippen molar-refractivity contribution in [3.05, 3.63) is 0 Å². The van der Waals surface area contributed by atoms with Crippen LogP contribution < -0.4 is 5.73 Å². The number of nitrogens with two attached hydrogens (primary N) is 1. The average Bonchev–Trinajstić information content (AvgIpc) is 2.79. The van der Waals surface area contributed by atoms with E-state index in [2.05, 4.69) is 25.7 Å². The third kappa shape index (κ3) is 3.52. The highest BCUT2D eigenvalue weighted by Gasteiger charge is 2.41. The molecule has 112 valence electrons. The zero-order valence-corrected chi connectivity index (χ0v) is 13.4. The molecule has 0 radical (unpaired) electrons. The Hall–Kier alpha value is -0.0800. The summed E-state index contributed by atoms with van der Waals surface area (Å²) in [6.07, 6.45) is 11.1. The van der Waals surface area contributed by atoms with E-state index >= 15 is 0 Å². The van der Waals surface area contributed by atoms with E-state index in [0.717, 1.165) is 12.5 Å². The van der Waals surface area contributed by atoms with Crippen LogP contribution in [0, 0.1) is 11.3 Å². The number of nitrogens with zero attached hydrogens (tertiary/aromatic N) is 1. The fourth-order valence-electron chi connectivity index (χ4n) is 4.11. The molecular formula is C17H34N2. The van der Waals surface area contributed by atoms with Gasteiger partial charge in [0.25, 0.3) is 0 Å². The summed E-state index contributed by atoms with van der Waals surface area (Å²) in [7, 11) is 0. The molecule has 0 bridgehead atoms. The van der Waals surface area contributed by atoms with Crippen LogP contribution in [0.3, 0.4) is 0 Å². The Morgan fingerprint density at radius 2 is 1.63 bits per heavy atom. The lowest BCUT2D eigenvalue weighted by atomic mass is 9.79. The molecule has 0 spiro atoms. The SMILES string of the molecule is CC(C)(C)C1CCN(C2(CN)CCCCCCC2)C1. The summed E-state index contributed by atoms with van der Waals surface area (Å²) < 4.78 is 0. The molecule has 2 fully saturated rings. The fraction of sp³-hybridized carbons (Fsp3) is 1.00. The highest BCUT2D eigenvalue weighted by atomic mass is 15.2. The van der Waals surface area contributed by atoms with Gasteiger partial charge in [0.1, 0.15) is 0 Å². The van der Waals surface area contributed by atoms with Gasteiger partial charge in [-0.05, 0) is 37.1 Å². The first-order chi connectivity index (χ1) is 8.98. The first kappa shape index (κ1) is 15.3. The minimum absolute atomic E-state index is 0.334. The maximum Gasteiger partial charge on any atom is 0.0331 e. The Morgan fingerprint density at radius 1 is 1.05 bits per heavy atom. The van der Waals surface area contributed by atoms with E-state index in [1.807, 2.05) is 0 Å². The second-order valence-corrected chi connectivity index (χ2v) is 7.99. The van der Waals surface area contributed by atoms with Gasteiger partial charge in [0, 0.05) is 18.6 Å². The first-order valence-corrected chi connectivity index (χ1v) is 8.43. The first-order valence-electron chi connectivity index (χ1n) is 8.43. The molecule has 1 atom stereocenters. The van der Waals surface area contributed by atoms with Crippen LogP contribution in [0.1, 0.15) is 72.1 Å². The second-order valence-electron chi connectivity index (χ2n) is 7.99. The van der Waals surface area contributed by atoms with Gasteiger partial charge in [-0.2, -0.15) is 0 Å². The van der Waals surface area contributed by atoms with Crippen molar-refractivity contribution in [3.8, 4) is 0 Å². The lowest BCUT2D eigenvalue weighted by Crippen LogP contribution is -2.53. The van der Waals surface area contributed by atoms with Crippen LogP contribution in [0.4, 0.5) is 0 Å². The normalized spacial score (nSPS) is 30.0. The second kappa shape index (κ2) is 6.13. The summed E-state index contributed by atoms with van der Waals surface area (Å²) >= 11 is 0. The molecule has 0 aromatic rings. The molecule has 1 heterocycles. The largest absolute Gasteiger partial charge is 0.329 e. The minimum Gasteiger partial charge on any atom is -0.329 e. The van der Waals surface area contributed by atoms with Gasteiger partial charge in [-0.3, -0.25) is 4.90 Å². The zero-order chi connectivity index (χ0) is 13.9. The number of hydrogen-bond donors (Lipinski definition) is 1. The van der Waals surface area contributed by atoms with Gasteiger partial charge in [0.2, 0.25) is 0 Å². The van der Waals surface area contributed by atoms with Crippen molar-refractivity contribution in [1.82, 2.24) is 4.90 Å². The van der Waals surface area contributed by atoms with Gasteiger partial charge in [-0.25, -0.2) is 0 Å². The van der Waals surface area contributed by atoms with Crippen LogP contribution >= 0.6 is 0 Å². The molecule has 1 aliphatic carbocycles. The summed E-state index contributed by atoms with van der Waals surface area (Å²) in [5.74, 6) is 0.848. The van der Waals surface area contributed by atoms with E-state index in [-0.39, 0.29) is 0 Å². The van der Waals surface area contributed by atoms with Gasteiger partial charge in [-0.15, -0.1) is 0 Å². The predicted octanol–water partition coefficient (Wildman–Crippen LogP) is 3.80. The molecule has 19 heavy (non-hydrogen) atoms. The lowest BCUT2D eigenvalue weighted by Gasteiger charge is -2.43. The summed E-state index contributed by atoms with van der Waals surface area (Å²) in [5.41, 5.74) is 7.04. The Kier molecular flexibility index (Phi) is 4.94. The molecule has 1 aliphatic heterocycles. The topological polar surface area (TPSA) is 29.3 Å². The van der Waals surface area contributed by atoms with Crippen molar-refractivity contribution < 1.29 is 0 Å². The predicted molar refractivity (Wildman–Crippen MR) is 83.2 cm³/mol. The molecule has 0 aromatic carbocycles. The van der Waals surface area contributed by atoms with E-state index in [0.29, 0.717) is 11.0 Å². The minimum atomic E-state index is 0.334. The van der Waals surface area contributed by atoms with Crippen molar-refractivity contribution >= 4 is 0 Å². The molecule has 1 saturated carbocycles. The molecule has 0 amide bonds. The maximum atomic E-state index is 6.25. The van der Waals surface area contributed by atoms with Crippen LogP contribution in [0.5, 0.6) is 0 Å². The van der Waals surface area contributed by atoms with E-state index < -0.39 is 0 Å². The smallest absolute Gasteiger partial charge is 0.0331 e. The fourth-order valence-corrected chi connectivity index (χ4v) is 4.11. The highest BCUT2D eigenvalue weighted by Crippen LogP contribution is 2.40. The summed E-state index contributed by atoms with van der Waals surface area (Å²) in [6, 6.07) is 0. The van der Waals surface area contributed by atoms with Gasteiger partial charge in [0.05, 0.1) is 0 Å². The highest BCUT2D eigenvalue weighted by molar-refractivity contribution is 4.97. The number of rotatable bonds is 2. The Morgan fingerprint density at radius 3 is 2.11 bits per heavy atom. The summed E-state index contributed by atoms with van der Waals surface area (Å²) in [5, 5.41) is 0. The average molecular weight is 266 g/mol. The number of hydrogen-bond acceptors (Lipinski definition) is 2. The molecule has 2 rings (SSSR count). The van der Waals surface area contributed by atoms with Crippen molar-refractivity contribution in [2.75, 3.05) is 19.6 Å². The quantitative estimate of drug-likeness (QED) is 0.824. The molecule has 1 unspecified atom stereocenters. The van der Waals surface area contributed by atoms with Crippen LogP contribution in [-0.4, -0.2) is 30.1 Å². The zero-order valence-electron chi connectivity index (χ0n) is 13.4. The summed E-state index contributed by atoms with van der Waals surface area (Å²) in [4.78, 5) is 2.77. The van der Waals surface area contributed by atoms with E-state index in [9.17, 15) is 0 Å². The van der Waals surface area contributed by atoms with Crippen LogP contribution in [0.15, 0.2) is 0 Å². The van der Waals surface area contributed by atoms with E-state index in [1.54, 1.807) is 0 Å². The Bertz CT molecular complexity index is 271. The number of likely N-dealkylation sites (tertiary alicyclic amines) is 1. The van der Waals surface area contributed by atoms with Gasteiger partial charge < -0.3 is 5.73 Å². The van der Waals surface area contributed by atoms with E-state index in [4.69, 9.17) is 5.73 Å². The molecule has 0 aromatic heterocycles. The van der Waals surface area contributed by atoms with Gasteiger partial charge in [0.15, 0.2) is 0 Å². The van der Waals surface area contributed by atoms with Crippen molar-refractivity contribution in [2.45, 2.75) is 77.7 Å². The monoisotopic (exact) mass is 266 g/mol. The van der Waals surface area contributed by atoms with Crippen LogP contribution in [-0.2, 0) is 0 Å². The van der Waals surface area contributed by atoms with Gasteiger partial charge in [-0.1, -0.05) is 52.9 Å². The Labute approximate surface area is 120 Å². The van der Waals surface area contributed by atoms with Crippen molar-refractivity contribution in [2.24, 2.45) is 17.1 Å². The standard InChI is InChI=1S/C17H34N2/c1-16(2,3)15-9-12-19(13-15)17(14-18)10-7-5-4-6-8-11-17/h15H,4-14,18H2,1-3H3. The molecule has 2 heteroatoms. The molecular weight excluding hydrogens is 232 g/mol. The van der Waals surface area contributed by atoms with E-state index in [1.165, 1.54) is 64.5 Å². The van der Waals surface area contributed by atoms with Gasteiger partial charge >= 0.3 is 0 Å².